The number of nitrogens with zero attached hydrogens (tertiary/aromatic N) is 1. The van der Waals surface area contributed by atoms with E-state index in [1.54, 1.807) is 0 Å². The number of unbranched alkanes of at least 4 members (excludes halogenated alkanes) is 1. The molecule has 0 saturated heterocycles. The lowest BCUT2D eigenvalue weighted by Crippen LogP contribution is -2.24. The van der Waals surface area contributed by atoms with Gasteiger partial charge < -0.3 is 10.2 Å². The molecule has 4 heteroatoms. The van der Waals surface area contributed by atoms with Crippen molar-refractivity contribution >= 4 is 30.1 Å². The van der Waals surface area contributed by atoms with Crippen molar-refractivity contribution in [3.63, 3.8) is 0 Å². The summed E-state index contributed by atoms with van der Waals surface area (Å²) >= 11 is 10.6. The van der Waals surface area contributed by atoms with Gasteiger partial charge in [-0.1, -0.05) is 52.1 Å². The second-order valence-electron chi connectivity index (χ2n) is 5.26. The summed E-state index contributed by atoms with van der Waals surface area (Å²) < 4.78 is 1.76. The van der Waals surface area contributed by atoms with E-state index in [0.29, 0.717) is 5.92 Å². The first kappa shape index (κ1) is 16.7. The molecule has 0 bridgehead atoms. The van der Waals surface area contributed by atoms with Crippen molar-refractivity contribution in [1.82, 2.24) is 4.90 Å². The van der Waals surface area contributed by atoms with Crippen molar-refractivity contribution in [2.45, 2.75) is 46.5 Å². The maximum Gasteiger partial charge on any atom is 0.0796 e. The van der Waals surface area contributed by atoms with Crippen molar-refractivity contribution < 1.29 is 0 Å². The Labute approximate surface area is 127 Å². The monoisotopic (exact) mass is 298 g/mol. The molecule has 0 aliphatic rings. The number of hydrogen-bond acceptors (Lipinski definition) is 4. The quantitative estimate of drug-likeness (QED) is 0.526. The highest BCUT2D eigenvalue weighted by Gasteiger charge is 2.16. The fourth-order valence-corrected chi connectivity index (χ4v) is 3.08. The van der Waals surface area contributed by atoms with Crippen LogP contribution in [-0.4, -0.2) is 31.1 Å². The average molecular weight is 299 g/mol. The first-order valence-electron chi connectivity index (χ1n) is 7.32. The van der Waals surface area contributed by atoms with Gasteiger partial charge in [0.05, 0.1) is 14.7 Å². The Morgan fingerprint density at radius 1 is 1.05 bits per heavy atom. The molecule has 2 nitrogen and oxygen atoms in total. The molecule has 0 unspecified atom stereocenters. The summed E-state index contributed by atoms with van der Waals surface area (Å²) in [5.41, 5.74) is 2.39. The van der Waals surface area contributed by atoms with Crippen LogP contribution in [0.15, 0.2) is 0 Å². The largest absolute Gasteiger partial charge is 0.384 e. The van der Waals surface area contributed by atoms with Crippen LogP contribution in [0, 0.1) is 9.02 Å². The lowest BCUT2D eigenvalue weighted by molar-refractivity contribution is 0.298. The third-order valence-electron chi connectivity index (χ3n) is 3.62. The molecule has 0 saturated carbocycles. The van der Waals surface area contributed by atoms with Gasteiger partial charge in [-0.2, -0.15) is 0 Å². The first-order valence-corrected chi connectivity index (χ1v) is 8.13. The number of rotatable bonds is 9. The van der Waals surface area contributed by atoms with Crippen LogP contribution in [0.2, 0.25) is 0 Å². The summed E-state index contributed by atoms with van der Waals surface area (Å²) in [6.07, 6.45) is 2.41. The molecule has 0 atom stereocenters. The Morgan fingerprint density at radius 3 is 2.21 bits per heavy atom. The van der Waals surface area contributed by atoms with Crippen molar-refractivity contribution in [3.8, 4) is 0 Å². The topological polar surface area (TPSA) is 15.3 Å². The van der Waals surface area contributed by atoms with E-state index in [-0.39, 0.29) is 0 Å². The summed E-state index contributed by atoms with van der Waals surface area (Å²) in [5, 5.41) is 3.47. The highest BCUT2D eigenvalue weighted by molar-refractivity contribution is 7.74. The Kier molecular flexibility index (Phi) is 7.11. The fraction of sp³-hybridized carbons (Fsp3) is 0.733. The summed E-state index contributed by atoms with van der Waals surface area (Å²) in [6.45, 7) is 13.3. The predicted octanol–water partition coefficient (Wildman–Crippen LogP) is 4.68. The number of anilines is 1. The molecule has 0 fully saturated rings. The first-order chi connectivity index (χ1) is 9.02. The van der Waals surface area contributed by atoms with Crippen molar-refractivity contribution in [2.24, 2.45) is 0 Å². The van der Waals surface area contributed by atoms with Gasteiger partial charge >= 0.3 is 0 Å². The highest BCUT2D eigenvalue weighted by atomic mass is 32.1. The zero-order valence-electron chi connectivity index (χ0n) is 12.6. The molecule has 1 aromatic carbocycles. The smallest absolute Gasteiger partial charge is 0.0796 e. The third kappa shape index (κ3) is 4.33. The van der Waals surface area contributed by atoms with Gasteiger partial charge in [-0.05, 0) is 44.0 Å². The van der Waals surface area contributed by atoms with Crippen molar-refractivity contribution in [1.29, 1.82) is 0 Å². The molecule has 1 aromatic rings. The molecule has 0 aliphatic carbocycles. The normalized spacial score (nSPS) is 11.7. The van der Waals surface area contributed by atoms with Crippen LogP contribution in [0.3, 0.4) is 0 Å². The molecule has 0 amide bonds. The van der Waals surface area contributed by atoms with Crippen molar-refractivity contribution in [2.75, 3.05) is 31.5 Å². The standard InChI is InChI=1S/C15H26N2S2/c1-5-17(6-2)10-8-7-9-16-13-12(11(3)4)14(18)15(13)19/h11,16H,5-10H2,1-4H3. The summed E-state index contributed by atoms with van der Waals surface area (Å²) in [7, 11) is 0. The molecular weight excluding hydrogens is 272 g/mol. The van der Waals surface area contributed by atoms with Gasteiger partial charge in [0.1, 0.15) is 0 Å². The lowest BCUT2D eigenvalue weighted by Gasteiger charge is -2.20. The lowest BCUT2D eigenvalue weighted by atomic mass is 9.97. The molecule has 1 N–H and O–H groups in total. The van der Waals surface area contributed by atoms with Crippen LogP contribution >= 0.6 is 24.4 Å². The Hall–Kier alpha value is -0.320. The van der Waals surface area contributed by atoms with Crippen LogP contribution in [0.25, 0.3) is 0 Å². The molecule has 0 aliphatic heterocycles. The van der Waals surface area contributed by atoms with Gasteiger partial charge in [-0.25, -0.2) is 0 Å². The highest BCUT2D eigenvalue weighted by Crippen LogP contribution is 2.32. The average Bonchev–Trinajstić information content (AvgIpc) is 2.40. The van der Waals surface area contributed by atoms with E-state index in [1.165, 1.54) is 24.9 Å². The van der Waals surface area contributed by atoms with E-state index in [9.17, 15) is 0 Å². The predicted molar refractivity (Wildman–Crippen MR) is 90.1 cm³/mol. The van der Waals surface area contributed by atoms with Gasteiger partial charge in [0.15, 0.2) is 0 Å². The third-order valence-corrected chi connectivity index (χ3v) is 4.58. The number of hydrogen-bond donors (Lipinski definition) is 1. The van der Waals surface area contributed by atoms with E-state index < -0.39 is 0 Å². The van der Waals surface area contributed by atoms with Gasteiger partial charge in [0, 0.05) is 6.54 Å². The SMILES string of the molecule is CCN(CC)CCCCNc1c(C(C)C)c(=S)c1=S. The summed E-state index contributed by atoms with van der Waals surface area (Å²) in [6, 6.07) is 0. The Morgan fingerprint density at radius 2 is 1.68 bits per heavy atom. The molecule has 108 valence electrons. The van der Waals surface area contributed by atoms with E-state index in [2.05, 4.69) is 37.9 Å². The van der Waals surface area contributed by atoms with Gasteiger partial charge in [-0.15, -0.1) is 0 Å². The molecule has 19 heavy (non-hydrogen) atoms. The maximum atomic E-state index is 5.31. The van der Waals surface area contributed by atoms with Crippen LogP contribution in [0.5, 0.6) is 0 Å². The van der Waals surface area contributed by atoms with Gasteiger partial charge in [0.2, 0.25) is 0 Å². The minimum absolute atomic E-state index is 0.470. The van der Waals surface area contributed by atoms with Crippen LogP contribution < -0.4 is 5.32 Å². The van der Waals surface area contributed by atoms with Gasteiger partial charge in [-0.3, -0.25) is 0 Å². The van der Waals surface area contributed by atoms with Crippen LogP contribution in [0.1, 0.15) is 52.0 Å². The van der Waals surface area contributed by atoms with E-state index >= 15 is 0 Å². The molecule has 0 radical (unpaired) electrons. The minimum atomic E-state index is 0.470. The molecule has 0 aromatic heterocycles. The summed E-state index contributed by atoms with van der Waals surface area (Å²) in [5.74, 6) is 0.470. The van der Waals surface area contributed by atoms with Gasteiger partial charge in [0.25, 0.3) is 0 Å². The van der Waals surface area contributed by atoms with Crippen LogP contribution in [0.4, 0.5) is 5.69 Å². The minimum Gasteiger partial charge on any atom is -0.384 e. The molecule has 0 heterocycles. The maximum absolute atomic E-state index is 5.31. The van der Waals surface area contributed by atoms with Crippen molar-refractivity contribution in [3.05, 3.63) is 14.6 Å². The van der Waals surface area contributed by atoms with E-state index in [0.717, 1.165) is 34.3 Å². The molecule has 1 rings (SSSR count). The van der Waals surface area contributed by atoms with Crippen LogP contribution in [-0.2, 0) is 0 Å². The molecule has 0 spiro atoms. The zero-order chi connectivity index (χ0) is 14.4. The number of nitrogens with one attached hydrogen (secondary N) is 1. The van der Waals surface area contributed by atoms with E-state index in [1.807, 2.05) is 0 Å². The summed E-state index contributed by atoms with van der Waals surface area (Å²) in [4.78, 5) is 2.46. The molecular formula is C15H26N2S2. The fourth-order valence-electron chi connectivity index (χ4n) is 2.35. The van der Waals surface area contributed by atoms with E-state index in [4.69, 9.17) is 24.4 Å². The Bertz CT molecular complexity index is 455. The second kappa shape index (κ2) is 8.08. The Balaban J connectivity index is 2.33. The second-order valence-corrected chi connectivity index (χ2v) is 6.08. The zero-order valence-corrected chi connectivity index (χ0v) is 14.2.